The zero-order chi connectivity index (χ0) is 13.4. The third-order valence-electron chi connectivity index (χ3n) is 4.29. The molecule has 2 aliphatic heterocycles. The zero-order valence-electron chi connectivity index (χ0n) is 11.5. The predicted molar refractivity (Wildman–Crippen MR) is 81.1 cm³/mol. The first-order valence-electron chi connectivity index (χ1n) is 7.38. The van der Waals surface area contributed by atoms with E-state index in [1.54, 1.807) is 0 Å². The van der Waals surface area contributed by atoms with Gasteiger partial charge in [-0.1, -0.05) is 0 Å². The Labute approximate surface area is 122 Å². The minimum absolute atomic E-state index is 0.443. The first-order chi connectivity index (χ1) is 9.92. The Bertz CT molecular complexity index is 600. The number of hydrogen-bond acceptors (Lipinski definition) is 4. The fourth-order valence-electron chi connectivity index (χ4n) is 3.19. The highest BCUT2D eigenvalue weighted by Crippen LogP contribution is 2.31. The predicted octanol–water partition coefficient (Wildman–Crippen LogP) is 2.69. The standard InChI is InChI=1S/C15H19N3OS/c1-2-13-15(16-5-1)18(8-11-4-7-20-10-11)14(17-13)12-3-6-19-9-12/h1-2,5,11-12H,3-4,6-10H2. The third kappa shape index (κ3) is 2.23. The maximum atomic E-state index is 5.55. The Morgan fingerprint density at radius 2 is 2.40 bits per heavy atom. The highest BCUT2D eigenvalue weighted by Gasteiger charge is 2.26. The molecule has 0 saturated carbocycles. The van der Waals surface area contributed by atoms with Crippen LogP contribution in [0.25, 0.3) is 11.2 Å². The van der Waals surface area contributed by atoms with E-state index in [9.17, 15) is 0 Å². The lowest BCUT2D eigenvalue weighted by molar-refractivity contribution is 0.192. The van der Waals surface area contributed by atoms with Crippen LogP contribution in [0.2, 0.25) is 0 Å². The van der Waals surface area contributed by atoms with E-state index in [2.05, 4.69) is 27.4 Å². The molecule has 5 heteroatoms. The van der Waals surface area contributed by atoms with E-state index in [0.717, 1.165) is 43.3 Å². The number of rotatable bonds is 3. The third-order valence-corrected chi connectivity index (χ3v) is 5.52. The van der Waals surface area contributed by atoms with Gasteiger partial charge in [0.1, 0.15) is 11.3 Å². The number of aromatic nitrogens is 3. The van der Waals surface area contributed by atoms with Crippen molar-refractivity contribution in [1.29, 1.82) is 0 Å². The molecule has 0 N–H and O–H groups in total. The first-order valence-corrected chi connectivity index (χ1v) is 8.54. The molecule has 0 aromatic carbocycles. The van der Waals surface area contributed by atoms with Gasteiger partial charge in [0.2, 0.25) is 0 Å². The fourth-order valence-corrected chi connectivity index (χ4v) is 4.46. The average molecular weight is 289 g/mol. The number of fused-ring (bicyclic) bond motifs is 1. The molecule has 20 heavy (non-hydrogen) atoms. The van der Waals surface area contributed by atoms with E-state index in [4.69, 9.17) is 9.72 Å². The van der Waals surface area contributed by atoms with Gasteiger partial charge in [0.25, 0.3) is 0 Å². The van der Waals surface area contributed by atoms with Gasteiger partial charge in [0, 0.05) is 25.3 Å². The van der Waals surface area contributed by atoms with E-state index in [-0.39, 0.29) is 0 Å². The highest BCUT2D eigenvalue weighted by atomic mass is 32.2. The van der Waals surface area contributed by atoms with E-state index in [1.807, 2.05) is 12.3 Å². The van der Waals surface area contributed by atoms with Gasteiger partial charge in [-0.05, 0) is 42.4 Å². The SMILES string of the molecule is c1cnc2c(c1)nc(C1CCOC1)n2CC1CCSC1. The van der Waals surface area contributed by atoms with Crippen molar-refractivity contribution in [2.75, 3.05) is 24.7 Å². The van der Waals surface area contributed by atoms with Gasteiger partial charge in [0.15, 0.2) is 5.65 Å². The molecule has 0 radical (unpaired) electrons. The van der Waals surface area contributed by atoms with Gasteiger partial charge in [-0.3, -0.25) is 0 Å². The minimum atomic E-state index is 0.443. The number of hydrogen-bond donors (Lipinski definition) is 0. The monoisotopic (exact) mass is 289 g/mol. The van der Waals surface area contributed by atoms with Crippen LogP contribution in [0, 0.1) is 5.92 Å². The van der Waals surface area contributed by atoms with Crippen LogP contribution in [-0.2, 0) is 11.3 Å². The second-order valence-corrected chi connectivity index (χ2v) is 6.87. The largest absolute Gasteiger partial charge is 0.381 e. The molecule has 0 bridgehead atoms. The average Bonchev–Trinajstić information content (AvgIpc) is 3.19. The molecule has 2 fully saturated rings. The molecular formula is C15H19N3OS. The molecule has 0 amide bonds. The van der Waals surface area contributed by atoms with Crippen LogP contribution in [0.5, 0.6) is 0 Å². The van der Waals surface area contributed by atoms with Crippen molar-refractivity contribution in [3.63, 3.8) is 0 Å². The van der Waals surface area contributed by atoms with Gasteiger partial charge >= 0.3 is 0 Å². The van der Waals surface area contributed by atoms with Crippen LogP contribution in [0.3, 0.4) is 0 Å². The number of nitrogens with zero attached hydrogens (tertiary/aromatic N) is 3. The van der Waals surface area contributed by atoms with E-state index < -0.39 is 0 Å². The number of thioether (sulfide) groups is 1. The van der Waals surface area contributed by atoms with Gasteiger partial charge < -0.3 is 9.30 Å². The summed E-state index contributed by atoms with van der Waals surface area (Å²) < 4.78 is 7.92. The molecule has 106 valence electrons. The summed E-state index contributed by atoms with van der Waals surface area (Å²) >= 11 is 2.07. The summed E-state index contributed by atoms with van der Waals surface area (Å²) in [6.07, 6.45) is 4.28. The molecule has 2 aliphatic rings. The molecule has 2 saturated heterocycles. The number of imidazole rings is 1. The maximum absolute atomic E-state index is 5.55. The lowest BCUT2D eigenvalue weighted by Gasteiger charge is -2.15. The highest BCUT2D eigenvalue weighted by molar-refractivity contribution is 7.99. The number of pyridine rings is 1. The quantitative estimate of drug-likeness (QED) is 0.871. The molecule has 4 heterocycles. The summed E-state index contributed by atoms with van der Waals surface area (Å²) in [5.41, 5.74) is 2.08. The lowest BCUT2D eigenvalue weighted by Crippen LogP contribution is -2.15. The molecule has 0 aliphatic carbocycles. The first kappa shape index (κ1) is 12.7. The molecule has 2 aromatic rings. The summed E-state index contributed by atoms with van der Waals surface area (Å²) in [4.78, 5) is 9.42. The van der Waals surface area contributed by atoms with Crippen LogP contribution < -0.4 is 0 Å². The Kier molecular flexibility index (Phi) is 3.40. The number of ether oxygens (including phenoxy) is 1. The Morgan fingerprint density at radius 3 is 3.20 bits per heavy atom. The smallest absolute Gasteiger partial charge is 0.160 e. The van der Waals surface area contributed by atoms with Gasteiger partial charge in [0.05, 0.1) is 6.61 Å². The molecule has 4 rings (SSSR count). The zero-order valence-corrected chi connectivity index (χ0v) is 12.3. The summed E-state index contributed by atoms with van der Waals surface area (Å²) in [6, 6.07) is 4.04. The Hall–Kier alpha value is -1.07. The van der Waals surface area contributed by atoms with Crippen molar-refractivity contribution in [1.82, 2.24) is 14.5 Å². The van der Waals surface area contributed by atoms with Gasteiger partial charge in [-0.15, -0.1) is 0 Å². The fraction of sp³-hybridized carbons (Fsp3) is 0.600. The molecular weight excluding hydrogens is 270 g/mol. The summed E-state index contributed by atoms with van der Waals surface area (Å²) in [7, 11) is 0. The molecule has 2 unspecified atom stereocenters. The van der Waals surface area contributed by atoms with Crippen molar-refractivity contribution in [3.05, 3.63) is 24.2 Å². The van der Waals surface area contributed by atoms with E-state index >= 15 is 0 Å². The summed E-state index contributed by atoms with van der Waals surface area (Å²) in [5.74, 6) is 4.96. The molecule has 2 aromatic heterocycles. The van der Waals surface area contributed by atoms with E-state index in [1.165, 1.54) is 23.8 Å². The van der Waals surface area contributed by atoms with Crippen molar-refractivity contribution < 1.29 is 4.74 Å². The maximum Gasteiger partial charge on any atom is 0.160 e. The Morgan fingerprint density at radius 1 is 1.40 bits per heavy atom. The van der Waals surface area contributed by atoms with Crippen LogP contribution in [0.15, 0.2) is 18.3 Å². The van der Waals surface area contributed by atoms with Crippen molar-refractivity contribution in [3.8, 4) is 0 Å². The summed E-state index contributed by atoms with van der Waals surface area (Å²) in [5, 5.41) is 0. The van der Waals surface area contributed by atoms with Gasteiger partial charge in [-0.25, -0.2) is 9.97 Å². The van der Waals surface area contributed by atoms with Crippen molar-refractivity contribution in [2.45, 2.75) is 25.3 Å². The molecule has 4 nitrogen and oxygen atoms in total. The second kappa shape index (κ2) is 5.37. The second-order valence-electron chi connectivity index (χ2n) is 5.72. The topological polar surface area (TPSA) is 39.9 Å². The van der Waals surface area contributed by atoms with Crippen molar-refractivity contribution >= 4 is 22.9 Å². The van der Waals surface area contributed by atoms with Gasteiger partial charge in [-0.2, -0.15) is 11.8 Å². The van der Waals surface area contributed by atoms with Crippen LogP contribution in [0.4, 0.5) is 0 Å². The van der Waals surface area contributed by atoms with Crippen LogP contribution in [-0.4, -0.2) is 39.3 Å². The lowest BCUT2D eigenvalue weighted by atomic mass is 10.1. The van der Waals surface area contributed by atoms with E-state index in [0.29, 0.717) is 5.92 Å². The normalized spacial score (nSPS) is 26.6. The van der Waals surface area contributed by atoms with Crippen molar-refractivity contribution in [2.24, 2.45) is 5.92 Å². The van der Waals surface area contributed by atoms with Crippen LogP contribution in [0.1, 0.15) is 24.6 Å². The van der Waals surface area contributed by atoms with Crippen LogP contribution >= 0.6 is 11.8 Å². The Balaban J connectivity index is 1.75. The molecule has 2 atom stereocenters. The summed E-state index contributed by atoms with van der Waals surface area (Å²) in [6.45, 7) is 2.73. The minimum Gasteiger partial charge on any atom is -0.381 e. The molecule has 0 spiro atoms.